The van der Waals surface area contributed by atoms with Gasteiger partial charge < -0.3 is 15.3 Å². The number of urea groups is 1. The fraction of sp³-hybridized carbons (Fsp3) is 0.429. The Morgan fingerprint density at radius 3 is 2.79 bits per heavy atom. The number of amides is 2. The molecule has 2 amide bonds. The molecule has 2 aromatic rings. The van der Waals surface area contributed by atoms with Crippen molar-refractivity contribution >= 4 is 29.2 Å². The zero-order valence-corrected chi connectivity index (χ0v) is 17.9. The molecule has 0 saturated heterocycles. The summed E-state index contributed by atoms with van der Waals surface area (Å²) in [7, 11) is 0. The Bertz CT molecular complexity index is 910. The smallest absolute Gasteiger partial charge is 0.318 e. The van der Waals surface area contributed by atoms with Crippen molar-refractivity contribution in [2.75, 3.05) is 13.2 Å². The second kappa shape index (κ2) is 9.28. The van der Waals surface area contributed by atoms with E-state index in [1.54, 1.807) is 23.2 Å². The average molecular weight is 440 g/mol. The molecule has 5 nitrogen and oxygen atoms in total. The number of rotatable bonds is 5. The van der Waals surface area contributed by atoms with Crippen molar-refractivity contribution in [1.29, 1.82) is 0 Å². The van der Waals surface area contributed by atoms with Crippen LogP contribution < -0.4 is 5.32 Å². The Kier molecular flexibility index (Phi) is 6.98. The van der Waals surface area contributed by atoms with E-state index in [0.29, 0.717) is 40.7 Å². The van der Waals surface area contributed by atoms with E-state index < -0.39 is 0 Å². The molecule has 1 aromatic heterocycles. The summed E-state index contributed by atoms with van der Waals surface area (Å²) >= 11 is 12.0. The molecule has 0 fully saturated rings. The molecule has 156 valence electrons. The number of aliphatic hydroxyl groups is 1. The number of fused-ring (bicyclic) bond motifs is 1. The lowest BCUT2D eigenvalue weighted by Gasteiger charge is -2.30. The Balaban J connectivity index is 1.71. The van der Waals surface area contributed by atoms with Crippen molar-refractivity contribution in [2.45, 2.75) is 39.3 Å². The normalized spacial score (nSPS) is 15.6. The molecule has 1 aromatic carbocycles. The van der Waals surface area contributed by atoms with Crippen LogP contribution in [0.1, 0.15) is 42.3 Å². The lowest BCUT2D eigenvalue weighted by Crippen LogP contribution is -2.44. The lowest BCUT2D eigenvalue weighted by molar-refractivity contribution is 0.188. The van der Waals surface area contributed by atoms with E-state index in [0.717, 1.165) is 11.1 Å². The zero-order chi connectivity index (χ0) is 21.1. The predicted molar refractivity (Wildman–Crippen MR) is 112 cm³/mol. The molecule has 2 atom stereocenters. The largest absolute Gasteiger partial charge is 0.396 e. The Morgan fingerprint density at radius 2 is 2.10 bits per heavy atom. The first kappa shape index (κ1) is 21.8. The van der Waals surface area contributed by atoms with Crippen LogP contribution in [0.25, 0.3) is 0 Å². The summed E-state index contributed by atoms with van der Waals surface area (Å²) in [5.74, 6) is -0.456. The maximum atomic E-state index is 15.0. The van der Waals surface area contributed by atoms with E-state index >= 15 is 0 Å². The number of hydrogen-bond acceptors (Lipinski definition) is 3. The molecule has 0 saturated carbocycles. The number of nitrogens with one attached hydrogen (secondary N) is 1. The summed E-state index contributed by atoms with van der Waals surface area (Å²) in [6.07, 6.45) is 2.59. The molecule has 2 N–H and O–H groups in total. The van der Waals surface area contributed by atoms with E-state index in [2.05, 4.69) is 10.3 Å². The number of pyridine rings is 1. The minimum atomic E-state index is -0.377. The number of carbonyl (C=O) groups excluding carboxylic acids is 1. The molecule has 3 rings (SSSR count). The molecule has 8 heteroatoms. The van der Waals surface area contributed by atoms with Crippen molar-refractivity contribution in [1.82, 2.24) is 15.2 Å². The quantitative estimate of drug-likeness (QED) is 0.718. The van der Waals surface area contributed by atoms with Crippen molar-refractivity contribution < 1.29 is 14.3 Å². The van der Waals surface area contributed by atoms with E-state index in [1.807, 2.05) is 19.9 Å². The zero-order valence-electron chi connectivity index (χ0n) is 16.4. The van der Waals surface area contributed by atoms with Gasteiger partial charge in [0.15, 0.2) is 0 Å². The van der Waals surface area contributed by atoms with Gasteiger partial charge in [0.05, 0.1) is 28.3 Å². The third-order valence-electron chi connectivity index (χ3n) is 5.21. The molecule has 2 heterocycles. The number of carbonyl (C=O) groups is 1. The third kappa shape index (κ3) is 5.00. The molecular weight excluding hydrogens is 416 g/mol. The van der Waals surface area contributed by atoms with Crippen LogP contribution in [0.3, 0.4) is 0 Å². The predicted octanol–water partition coefficient (Wildman–Crippen LogP) is 4.53. The van der Waals surface area contributed by atoms with Gasteiger partial charge in [0, 0.05) is 24.9 Å². The Hall–Kier alpha value is -1.89. The van der Waals surface area contributed by atoms with Crippen LogP contribution in [0, 0.1) is 11.7 Å². The topological polar surface area (TPSA) is 65.5 Å². The van der Waals surface area contributed by atoms with E-state index in [1.165, 1.54) is 0 Å². The Morgan fingerprint density at radius 1 is 1.34 bits per heavy atom. The van der Waals surface area contributed by atoms with Crippen LogP contribution in [0.4, 0.5) is 9.18 Å². The van der Waals surface area contributed by atoms with Gasteiger partial charge in [-0.05, 0) is 48.9 Å². The van der Waals surface area contributed by atoms with Crippen LogP contribution in [0.2, 0.25) is 10.0 Å². The SMILES string of the molecule is C[C@@H](CO)Cc1ncc2c(c1F)CN(C(=O)N[C@H](C)c1ccc(Cl)c(Cl)c1)CC2. The fourth-order valence-corrected chi connectivity index (χ4v) is 3.68. The maximum absolute atomic E-state index is 15.0. The first-order chi connectivity index (χ1) is 13.8. The summed E-state index contributed by atoms with van der Waals surface area (Å²) in [5.41, 5.74) is 2.49. The van der Waals surface area contributed by atoms with Gasteiger partial charge in [-0.25, -0.2) is 9.18 Å². The van der Waals surface area contributed by atoms with Gasteiger partial charge in [0.1, 0.15) is 5.82 Å². The summed E-state index contributed by atoms with van der Waals surface area (Å²) in [4.78, 5) is 18.6. The van der Waals surface area contributed by atoms with Crippen molar-refractivity contribution in [3.8, 4) is 0 Å². The van der Waals surface area contributed by atoms with Gasteiger partial charge in [-0.1, -0.05) is 36.2 Å². The molecule has 0 bridgehead atoms. The second-order valence-corrected chi connectivity index (χ2v) is 8.35. The monoisotopic (exact) mass is 439 g/mol. The third-order valence-corrected chi connectivity index (χ3v) is 5.95. The molecule has 1 aliphatic rings. The first-order valence-corrected chi connectivity index (χ1v) is 10.3. The number of aromatic nitrogens is 1. The number of nitrogens with zero attached hydrogens (tertiary/aromatic N) is 2. The molecule has 0 unspecified atom stereocenters. The second-order valence-electron chi connectivity index (χ2n) is 7.53. The summed E-state index contributed by atoms with van der Waals surface area (Å²) in [5, 5.41) is 13.0. The first-order valence-electron chi connectivity index (χ1n) is 9.56. The van der Waals surface area contributed by atoms with Gasteiger partial charge in [-0.3, -0.25) is 4.98 Å². The van der Waals surface area contributed by atoms with Crippen LogP contribution in [-0.4, -0.2) is 34.2 Å². The highest BCUT2D eigenvalue weighted by molar-refractivity contribution is 6.42. The van der Waals surface area contributed by atoms with Crippen LogP contribution in [0.15, 0.2) is 24.4 Å². The highest BCUT2D eigenvalue weighted by Gasteiger charge is 2.26. The van der Waals surface area contributed by atoms with E-state index in [-0.39, 0.29) is 37.0 Å². The van der Waals surface area contributed by atoms with E-state index in [4.69, 9.17) is 23.2 Å². The summed E-state index contributed by atoms with van der Waals surface area (Å²) in [6.45, 7) is 4.34. The number of hydrogen-bond donors (Lipinski definition) is 2. The standard InChI is InChI=1S/C21H24Cl2FN3O2/c1-12(11-28)7-19-20(24)16-10-27(6-5-15(16)9-25-19)21(29)26-13(2)14-3-4-17(22)18(23)8-14/h3-4,8-9,12-13,28H,5-7,10-11H2,1-2H3,(H,26,29)/t12-,13-/m1/s1. The Labute approximate surface area is 179 Å². The van der Waals surface area contributed by atoms with Crippen molar-refractivity contribution in [3.05, 3.63) is 62.6 Å². The van der Waals surface area contributed by atoms with Gasteiger partial charge >= 0.3 is 6.03 Å². The lowest BCUT2D eigenvalue weighted by atomic mass is 9.97. The molecular formula is C21H24Cl2FN3O2. The highest BCUT2D eigenvalue weighted by Crippen LogP contribution is 2.27. The van der Waals surface area contributed by atoms with Crippen molar-refractivity contribution in [3.63, 3.8) is 0 Å². The van der Waals surface area contributed by atoms with Gasteiger partial charge in [0.2, 0.25) is 0 Å². The minimum absolute atomic E-state index is 0.0284. The van der Waals surface area contributed by atoms with E-state index in [9.17, 15) is 14.3 Å². The molecule has 0 aliphatic carbocycles. The number of benzene rings is 1. The molecule has 0 spiro atoms. The van der Waals surface area contributed by atoms with Crippen LogP contribution >= 0.6 is 23.2 Å². The minimum Gasteiger partial charge on any atom is -0.396 e. The van der Waals surface area contributed by atoms with Gasteiger partial charge in [-0.15, -0.1) is 0 Å². The average Bonchev–Trinajstić information content (AvgIpc) is 2.71. The fourth-order valence-electron chi connectivity index (χ4n) is 3.37. The van der Waals surface area contributed by atoms with Gasteiger partial charge in [-0.2, -0.15) is 0 Å². The van der Waals surface area contributed by atoms with Gasteiger partial charge in [0.25, 0.3) is 0 Å². The summed E-state index contributed by atoms with van der Waals surface area (Å²) in [6, 6.07) is 4.68. The van der Waals surface area contributed by atoms with Crippen molar-refractivity contribution in [2.24, 2.45) is 5.92 Å². The van der Waals surface area contributed by atoms with Crippen LogP contribution in [0.5, 0.6) is 0 Å². The van der Waals surface area contributed by atoms with Crippen LogP contribution in [-0.2, 0) is 19.4 Å². The number of halogens is 3. The maximum Gasteiger partial charge on any atom is 0.318 e. The highest BCUT2D eigenvalue weighted by atomic mass is 35.5. The molecule has 0 radical (unpaired) electrons. The summed E-state index contributed by atoms with van der Waals surface area (Å²) < 4.78 is 15.0. The molecule has 29 heavy (non-hydrogen) atoms. The number of aliphatic hydroxyl groups excluding tert-OH is 1. The molecule has 1 aliphatic heterocycles.